The van der Waals surface area contributed by atoms with Crippen LogP contribution in [0.4, 0.5) is 0 Å². The van der Waals surface area contributed by atoms with Crippen LogP contribution >= 0.6 is 0 Å². The van der Waals surface area contributed by atoms with Gasteiger partial charge >= 0.3 is 0 Å². The molecule has 0 aromatic rings. The molecule has 1 aliphatic heterocycles. The summed E-state index contributed by atoms with van der Waals surface area (Å²) < 4.78 is 0. The van der Waals surface area contributed by atoms with Gasteiger partial charge in [-0.25, -0.2) is 0 Å². The molecule has 0 aromatic heterocycles. The minimum atomic E-state index is -0.704. The van der Waals surface area contributed by atoms with E-state index < -0.39 is 11.2 Å². The molecule has 2 aliphatic carbocycles. The Morgan fingerprint density at radius 2 is 1.44 bits per heavy atom. The first-order valence-corrected chi connectivity index (χ1v) is 7.39. The van der Waals surface area contributed by atoms with Gasteiger partial charge in [-0.3, -0.25) is 4.79 Å². The number of nitrogens with zero attached hydrogens (tertiary/aromatic N) is 2. The van der Waals surface area contributed by atoms with E-state index in [0.717, 1.165) is 51.4 Å². The summed E-state index contributed by atoms with van der Waals surface area (Å²) in [6.07, 6.45) is 9.82. The number of amides is 1. The highest BCUT2D eigenvalue weighted by atomic mass is 16.5. The standard InChI is InChI=1S/C14H23N2O2/c1-15-12(17)13(8-4-2-5-9-13)16(18)14(15)10-6-3-7-11-14/h2-11H2,1H3/q-1. The van der Waals surface area contributed by atoms with E-state index >= 15 is 0 Å². The highest BCUT2D eigenvalue weighted by Gasteiger charge is 2.59. The van der Waals surface area contributed by atoms with Crippen LogP contribution < -0.4 is 0 Å². The summed E-state index contributed by atoms with van der Waals surface area (Å²) in [6.45, 7) is 0. The predicted octanol–water partition coefficient (Wildman–Crippen LogP) is 2.62. The Labute approximate surface area is 109 Å². The molecule has 0 unspecified atom stereocenters. The van der Waals surface area contributed by atoms with Crippen molar-refractivity contribution in [1.29, 1.82) is 0 Å². The van der Waals surface area contributed by atoms with Gasteiger partial charge in [-0.15, -0.1) is 0 Å². The van der Waals surface area contributed by atoms with Gasteiger partial charge in [0.1, 0.15) is 0 Å². The van der Waals surface area contributed by atoms with E-state index in [9.17, 15) is 10.0 Å². The van der Waals surface area contributed by atoms with Crippen LogP contribution in [-0.2, 0) is 4.79 Å². The highest BCUT2D eigenvalue weighted by Crippen LogP contribution is 2.50. The molecule has 4 nitrogen and oxygen atoms in total. The van der Waals surface area contributed by atoms with Gasteiger partial charge in [-0.05, 0) is 38.5 Å². The largest absolute Gasteiger partial charge is 0.783 e. The van der Waals surface area contributed by atoms with Crippen LogP contribution in [0.1, 0.15) is 64.2 Å². The monoisotopic (exact) mass is 251 g/mol. The number of carbonyl (C=O) groups is 1. The van der Waals surface area contributed by atoms with E-state index in [-0.39, 0.29) is 5.91 Å². The predicted molar refractivity (Wildman–Crippen MR) is 69.6 cm³/mol. The van der Waals surface area contributed by atoms with E-state index in [1.165, 1.54) is 17.9 Å². The van der Waals surface area contributed by atoms with Gasteiger partial charge < -0.3 is 15.2 Å². The molecule has 1 heterocycles. The van der Waals surface area contributed by atoms with Crippen molar-refractivity contribution in [2.24, 2.45) is 0 Å². The normalized spacial score (nSPS) is 31.4. The molecule has 3 fully saturated rings. The second-order valence-electron chi connectivity index (χ2n) is 6.29. The zero-order chi connectivity index (χ0) is 12.8. The number of rotatable bonds is 0. The molecule has 0 N–H and O–H groups in total. The number of carbonyl (C=O) groups excluding carboxylic acids is 1. The Kier molecular flexibility index (Phi) is 2.90. The molecular formula is C14H23N2O2-. The molecule has 1 amide bonds. The molecule has 4 heteroatoms. The Hall–Kier alpha value is -0.610. The maximum absolute atomic E-state index is 12.9. The molecule has 3 rings (SSSR count). The fourth-order valence-electron chi connectivity index (χ4n) is 4.33. The van der Waals surface area contributed by atoms with Gasteiger partial charge in [-0.2, -0.15) is 0 Å². The second-order valence-corrected chi connectivity index (χ2v) is 6.29. The average molecular weight is 251 g/mol. The minimum Gasteiger partial charge on any atom is -0.783 e. The lowest BCUT2D eigenvalue weighted by molar-refractivity contribution is -0.135. The third kappa shape index (κ3) is 1.42. The maximum atomic E-state index is 12.9. The average Bonchev–Trinajstić information content (AvgIpc) is 2.57. The van der Waals surface area contributed by atoms with Crippen LogP contribution in [0.25, 0.3) is 0 Å². The first kappa shape index (κ1) is 12.4. The summed E-state index contributed by atoms with van der Waals surface area (Å²) in [5, 5.41) is 14.2. The summed E-state index contributed by atoms with van der Waals surface area (Å²) in [4.78, 5) is 14.4. The van der Waals surface area contributed by atoms with Gasteiger partial charge in [0.15, 0.2) is 0 Å². The first-order valence-electron chi connectivity index (χ1n) is 7.39. The molecule has 1 saturated heterocycles. The van der Waals surface area contributed by atoms with Crippen molar-refractivity contribution < 1.29 is 4.79 Å². The molecule has 3 aliphatic rings. The topological polar surface area (TPSA) is 46.6 Å². The molecule has 102 valence electrons. The van der Waals surface area contributed by atoms with Crippen LogP contribution in [0.5, 0.6) is 0 Å². The van der Waals surface area contributed by atoms with E-state index in [4.69, 9.17) is 0 Å². The smallest absolute Gasteiger partial charge is 0.243 e. The van der Waals surface area contributed by atoms with Gasteiger partial charge in [0.05, 0.1) is 11.2 Å². The number of hydroxylamine groups is 2. The summed E-state index contributed by atoms with van der Waals surface area (Å²) in [5.41, 5.74) is -1.21. The molecular weight excluding hydrogens is 228 g/mol. The Morgan fingerprint density at radius 3 is 2.00 bits per heavy atom. The summed E-state index contributed by atoms with van der Waals surface area (Å²) in [6, 6.07) is 0. The van der Waals surface area contributed by atoms with Crippen molar-refractivity contribution in [1.82, 2.24) is 9.96 Å². The molecule has 0 atom stereocenters. The Balaban J connectivity index is 1.96. The van der Waals surface area contributed by atoms with Crippen LogP contribution in [0.2, 0.25) is 0 Å². The summed E-state index contributed by atoms with van der Waals surface area (Å²) >= 11 is 0. The molecule has 2 saturated carbocycles. The Morgan fingerprint density at radius 1 is 0.944 bits per heavy atom. The Bertz CT molecular complexity index is 344. The number of likely N-dealkylation sites (N-methyl/N-ethyl adjacent to an activating group) is 1. The zero-order valence-corrected chi connectivity index (χ0v) is 11.3. The lowest BCUT2D eigenvalue weighted by Gasteiger charge is -2.53. The SMILES string of the molecule is CN1C(=O)C2(CCCCC2)N([O-])C12CCCCC2. The van der Waals surface area contributed by atoms with E-state index in [1.807, 2.05) is 7.05 Å². The van der Waals surface area contributed by atoms with Gasteiger partial charge in [0.25, 0.3) is 0 Å². The maximum Gasteiger partial charge on any atom is 0.243 e. The lowest BCUT2D eigenvalue weighted by atomic mass is 9.80. The van der Waals surface area contributed by atoms with E-state index in [0.29, 0.717) is 0 Å². The lowest BCUT2D eigenvalue weighted by Crippen LogP contribution is -2.55. The molecule has 18 heavy (non-hydrogen) atoms. The van der Waals surface area contributed by atoms with Gasteiger partial charge in [-0.1, -0.05) is 25.7 Å². The van der Waals surface area contributed by atoms with Crippen LogP contribution in [0, 0.1) is 5.21 Å². The third-order valence-corrected chi connectivity index (χ3v) is 5.43. The molecule has 0 radical (unpaired) electrons. The fourth-order valence-corrected chi connectivity index (χ4v) is 4.33. The first-order chi connectivity index (χ1) is 8.63. The molecule has 0 aromatic carbocycles. The van der Waals surface area contributed by atoms with Crippen molar-refractivity contribution >= 4 is 5.91 Å². The van der Waals surface area contributed by atoms with Gasteiger partial charge in [0, 0.05) is 7.05 Å². The minimum absolute atomic E-state index is 0.0964. The van der Waals surface area contributed by atoms with Crippen molar-refractivity contribution in [2.45, 2.75) is 75.4 Å². The van der Waals surface area contributed by atoms with E-state index in [2.05, 4.69) is 0 Å². The number of hydrogen-bond donors (Lipinski definition) is 0. The number of hydrogen-bond acceptors (Lipinski definition) is 3. The van der Waals surface area contributed by atoms with Crippen LogP contribution in [0.15, 0.2) is 0 Å². The zero-order valence-electron chi connectivity index (χ0n) is 11.3. The molecule has 0 bridgehead atoms. The van der Waals surface area contributed by atoms with E-state index in [1.54, 1.807) is 4.90 Å². The quantitative estimate of drug-likeness (QED) is 0.665. The van der Waals surface area contributed by atoms with Crippen LogP contribution in [-0.4, -0.2) is 34.1 Å². The third-order valence-electron chi connectivity index (χ3n) is 5.43. The van der Waals surface area contributed by atoms with Crippen molar-refractivity contribution in [3.8, 4) is 0 Å². The summed E-state index contributed by atoms with van der Waals surface area (Å²) in [5.74, 6) is 0.0964. The second kappa shape index (κ2) is 4.20. The van der Waals surface area contributed by atoms with Crippen molar-refractivity contribution in [2.75, 3.05) is 7.05 Å². The summed E-state index contributed by atoms with van der Waals surface area (Å²) in [7, 11) is 1.85. The fraction of sp³-hybridized carbons (Fsp3) is 0.929. The molecule has 2 spiro atoms. The van der Waals surface area contributed by atoms with Gasteiger partial charge in [0.2, 0.25) is 5.91 Å². The van der Waals surface area contributed by atoms with Crippen molar-refractivity contribution in [3.63, 3.8) is 0 Å². The van der Waals surface area contributed by atoms with Crippen LogP contribution in [0.3, 0.4) is 0 Å². The van der Waals surface area contributed by atoms with Crippen molar-refractivity contribution in [3.05, 3.63) is 5.21 Å². The highest BCUT2D eigenvalue weighted by molar-refractivity contribution is 5.89.